The number of nitrogens with one attached hydrogen (secondary N) is 1. The van der Waals surface area contributed by atoms with E-state index in [1.165, 1.54) is 0 Å². The summed E-state index contributed by atoms with van der Waals surface area (Å²) in [5.41, 5.74) is 2.42. The van der Waals surface area contributed by atoms with Gasteiger partial charge in [-0.2, -0.15) is 5.26 Å². The number of benzene rings is 1. The molecule has 1 aromatic carbocycles. The normalized spacial score (nSPS) is 8.75. The third-order valence-corrected chi connectivity index (χ3v) is 2.68. The average Bonchev–Trinajstić information content (AvgIpc) is 2.47. The Morgan fingerprint density at radius 2 is 2.10 bits per heavy atom. The quantitative estimate of drug-likeness (QED) is 0.834. The number of hydrogen-bond acceptors (Lipinski definition) is 4. The first-order valence-electron chi connectivity index (χ1n) is 6.53. The van der Waals surface area contributed by atoms with Crippen molar-refractivity contribution in [1.29, 1.82) is 5.26 Å². The van der Waals surface area contributed by atoms with Crippen molar-refractivity contribution < 1.29 is 9.59 Å². The van der Waals surface area contributed by atoms with Crippen molar-refractivity contribution in [3.05, 3.63) is 29.3 Å². The molecule has 108 valence electrons. The highest BCUT2D eigenvalue weighted by Crippen LogP contribution is 2.17. The maximum Gasteiger partial charge on any atom is 0.228 e. The zero-order valence-corrected chi connectivity index (χ0v) is 12.4. The molecule has 0 bridgehead atoms. The van der Waals surface area contributed by atoms with E-state index in [9.17, 15) is 9.59 Å². The van der Waals surface area contributed by atoms with Crippen LogP contribution in [0.4, 0.5) is 5.69 Å². The Hall–Kier alpha value is -2.35. The first kappa shape index (κ1) is 17.6. The molecule has 0 heterocycles. The van der Waals surface area contributed by atoms with Crippen LogP contribution < -0.4 is 10.2 Å². The van der Waals surface area contributed by atoms with Gasteiger partial charge in [0.05, 0.1) is 11.6 Å². The Bertz CT molecular complexity index is 492. The second-order valence-electron chi connectivity index (χ2n) is 3.97. The van der Waals surface area contributed by atoms with Crippen LogP contribution in [0.15, 0.2) is 18.2 Å². The zero-order valence-electron chi connectivity index (χ0n) is 12.4. The lowest BCUT2D eigenvalue weighted by Gasteiger charge is -2.19. The summed E-state index contributed by atoms with van der Waals surface area (Å²) in [6, 6.07) is 7.68. The van der Waals surface area contributed by atoms with Gasteiger partial charge in [0.2, 0.25) is 12.3 Å². The van der Waals surface area contributed by atoms with Crippen LogP contribution >= 0.6 is 0 Å². The summed E-state index contributed by atoms with van der Waals surface area (Å²) in [5, 5.41) is 11.0. The number of imide groups is 1. The summed E-state index contributed by atoms with van der Waals surface area (Å²) in [4.78, 5) is 23.1. The lowest BCUT2D eigenvalue weighted by atomic mass is 10.1. The molecule has 0 aliphatic heterocycles. The van der Waals surface area contributed by atoms with E-state index in [-0.39, 0.29) is 12.3 Å². The maximum absolute atomic E-state index is 11.1. The minimum Gasteiger partial charge on any atom is -0.374 e. The summed E-state index contributed by atoms with van der Waals surface area (Å²) < 4.78 is 0. The molecule has 0 aliphatic rings. The van der Waals surface area contributed by atoms with Crippen LogP contribution in [-0.2, 0) is 9.59 Å². The first-order chi connectivity index (χ1) is 9.58. The van der Waals surface area contributed by atoms with Crippen LogP contribution in [0, 0.1) is 18.3 Å². The molecule has 0 aliphatic carbocycles. The zero-order chi connectivity index (χ0) is 15.5. The molecule has 0 unspecified atom stereocenters. The van der Waals surface area contributed by atoms with Crippen molar-refractivity contribution >= 4 is 18.0 Å². The van der Waals surface area contributed by atoms with Gasteiger partial charge in [-0.25, -0.2) is 0 Å². The van der Waals surface area contributed by atoms with Crippen LogP contribution in [0.1, 0.15) is 31.4 Å². The van der Waals surface area contributed by atoms with Crippen molar-refractivity contribution in [3.8, 4) is 6.07 Å². The molecule has 2 amide bonds. The van der Waals surface area contributed by atoms with Gasteiger partial charge in [0.25, 0.3) is 0 Å². The van der Waals surface area contributed by atoms with Gasteiger partial charge in [0.1, 0.15) is 0 Å². The fourth-order valence-corrected chi connectivity index (χ4v) is 1.50. The van der Waals surface area contributed by atoms with Crippen molar-refractivity contribution in [1.82, 2.24) is 5.32 Å². The third kappa shape index (κ3) is 5.53. The summed E-state index contributed by atoms with van der Waals surface area (Å²) in [5.74, 6) is -0.315. The second-order valence-corrected chi connectivity index (χ2v) is 3.97. The molecule has 5 nitrogen and oxygen atoms in total. The number of nitriles is 1. The van der Waals surface area contributed by atoms with Crippen LogP contribution in [-0.4, -0.2) is 25.9 Å². The summed E-state index contributed by atoms with van der Waals surface area (Å²) in [6.07, 6.45) is 0.604. The monoisotopic (exact) mass is 275 g/mol. The summed E-state index contributed by atoms with van der Waals surface area (Å²) >= 11 is 0. The second kappa shape index (κ2) is 9.56. The lowest BCUT2D eigenvalue weighted by Crippen LogP contribution is -2.27. The van der Waals surface area contributed by atoms with Crippen molar-refractivity contribution in [2.75, 3.05) is 18.5 Å². The van der Waals surface area contributed by atoms with Crippen molar-refractivity contribution in [2.24, 2.45) is 0 Å². The molecule has 0 radical (unpaired) electrons. The van der Waals surface area contributed by atoms with Gasteiger partial charge in [0.15, 0.2) is 0 Å². The maximum atomic E-state index is 11.1. The highest BCUT2D eigenvalue weighted by Gasteiger charge is 2.06. The van der Waals surface area contributed by atoms with E-state index < -0.39 is 0 Å². The van der Waals surface area contributed by atoms with Gasteiger partial charge < -0.3 is 4.90 Å². The number of rotatable bonds is 5. The van der Waals surface area contributed by atoms with Crippen LogP contribution in [0.25, 0.3) is 0 Å². The van der Waals surface area contributed by atoms with Gasteiger partial charge in [-0.3, -0.25) is 14.9 Å². The van der Waals surface area contributed by atoms with E-state index in [0.717, 1.165) is 11.3 Å². The number of carbonyl (C=O) groups excluding carboxylic acids is 2. The SMILES string of the molecule is CC.Cc1ccc(N(C)CCC(=O)NC=O)cc1C#N. The summed E-state index contributed by atoms with van der Waals surface area (Å²) in [7, 11) is 1.83. The van der Waals surface area contributed by atoms with Gasteiger partial charge >= 0.3 is 0 Å². The fraction of sp³-hybridized carbons (Fsp3) is 0.400. The largest absolute Gasteiger partial charge is 0.374 e. The predicted molar refractivity (Wildman–Crippen MR) is 79.3 cm³/mol. The molecular weight excluding hydrogens is 254 g/mol. The predicted octanol–water partition coefficient (Wildman–Crippen LogP) is 1.99. The van der Waals surface area contributed by atoms with Gasteiger partial charge in [-0.1, -0.05) is 19.9 Å². The van der Waals surface area contributed by atoms with E-state index in [1.54, 1.807) is 6.07 Å². The molecule has 0 saturated carbocycles. The molecule has 1 aromatic rings. The van der Waals surface area contributed by atoms with E-state index in [1.807, 2.05) is 44.9 Å². The molecule has 1 rings (SSSR count). The Kier molecular flexibility index (Phi) is 8.44. The minimum atomic E-state index is -0.315. The van der Waals surface area contributed by atoms with Crippen molar-refractivity contribution in [3.63, 3.8) is 0 Å². The molecule has 0 atom stereocenters. The molecule has 0 spiro atoms. The molecule has 20 heavy (non-hydrogen) atoms. The highest BCUT2D eigenvalue weighted by atomic mass is 16.2. The lowest BCUT2D eigenvalue weighted by molar-refractivity contribution is -0.125. The Morgan fingerprint density at radius 3 is 2.65 bits per heavy atom. The Balaban J connectivity index is 0.00000172. The molecular formula is C15H21N3O2. The Labute approximate surface area is 120 Å². The molecule has 0 fully saturated rings. The smallest absolute Gasteiger partial charge is 0.228 e. The van der Waals surface area contributed by atoms with E-state index in [2.05, 4.69) is 11.4 Å². The van der Waals surface area contributed by atoms with Gasteiger partial charge in [0, 0.05) is 25.7 Å². The fourth-order valence-electron chi connectivity index (χ4n) is 1.50. The average molecular weight is 275 g/mol. The van der Waals surface area contributed by atoms with Gasteiger partial charge in [-0.15, -0.1) is 0 Å². The van der Waals surface area contributed by atoms with E-state index >= 15 is 0 Å². The van der Waals surface area contributed by atoms with Crippen LogP contribution in [0.2, 0.25) is 0 Å². The molecule has 1 N–H and O–H groups in total. The standard InChI is InChI=1S/C13H15N3O2.C2H6/c1-10-3-4-12(7-11(10)8-14)16(2)6-5-13(18)15-9-17;1-2/h3-4,7,9H,5-6H2,1-2H3,(H,15,17,18);1-2H3. The van der Waals surface area contributed by atoms with Crippen molar-refractivity contribution in [2.45, 2.75) is 27.2 Å². The first-order valence-corrected chi connectivity index (χ1v) is 6.53. The van der Waals surface area contributed by atoms with Crippen LogP contribution in [0.5, 0.6) is 0 Å². The number of anilines is 1. The topological polar surface area (TPSA) is 73.2 Å². The minimum absolute atomic E-state index is 0.227. The molecule has 0 saturated heterocycles. The number of hydrogen-bond donors (Lipinski definition) is 1. The van der Waals surface area contributed by atoms with Crippen LogP contribution in [0.3, 0.4) is 0 Å². The molecule has 0 aromatic heterocycles. The van der Waals surface area contributed by atoms with E-state index in [0.29, 0.717) is 18.5 Å². The Morgan fingerprint density at radius 1 is 1.45 bits per heavy atom. The number of carbonyl (C=O) groups is 2. The molecule has 5 heteroatoms. The third-order valence-electron chi connectivity index (χ3n) is 2.68. The number of nitrogens with zero attached hydrogens (tertiary/aromatic N) is 2. The summed E-state index contributed by atoms with van der Waals surface area (Å²) in [6.45, 7) is 6.35. The highest BCUT2D eigenvalue weighted by molar-refractivity contribution is 5.86. The number of amides is 2. The van der Waals surface area contributed by atoms with Gasteiger partial charge in [-0.05, 0) is 24.6 Å². The number of aryl methyl sites for hydroxylation is 1. The van der Waals surface area contributed by atoms with E-state index in [4.69, 9.17) is 5.26 Å².